The minimum atomic E-state index is -0.168. The molecule has 1 aliphatic carbocycles. The third-order valence-electron chi connectivity index (χ3n) is 2.13. The number of carbonyl (C=O) groups is 1. The van der Waals surface area contributed by atoms with Gasteiger partial charge < -0.3 is 5.73 Å². The van der Waals surface area contributed by atoms with Gasteiger partial charge in [0.1, 0.15) is 5.78 Å². The van der Waals surface area contributed by atoms with Crippen LogP contribution in [0.3, 0.4) is 0 Å². The number of carbonyl (C=O) groups excluding carboxylic acids is 1. The molecular formula is C7H13NO. The van der Waals surface area contributed by atoms with Gasteiger partial charge >= 0.3 is 0 Å². The summed E-state index contributed by atoms with van der Waals surface area (Å²) in [4.78, 5) is 10.7. The molecule has 0 aromatic carbocycles. The third-order valence-corrected chi connectivity index (χ3v) is 2.13. The molecule has 0 radical (unpaired) electrons. The van der Waals surface area contributed by atoms with Crippen LogP contribution < -0.4 is 5.73 Å². The van der Waals surface area contributed by atoms with Crippen molar-refractivity contribution >= 4 is 5.78 Å². The Balaban J connectivity index is 2.32. The lowest BCUT2D eigenvalue weighted by Crippen LogP contribution is -2.39. The van der Waals surface area contributed by atoms with E-state index in [1.54, 1.807) is 6.92 Å². The molecule has 0 aliphatic heterocycles. The van der Waals surface area contributed by atoms with Gasteiger partial charge in [0, 0.05) is 0 Å². The van der Waals surface area contributed by atoms with E-state index in [9.17, 15) is 4.79 Å². The summed E-state index contributed by atoms with van der Waals surface area (Å²) in [5.41, 5.74) is 5.57. The molecule has 1 unspecified atom stereocenters. The second kappa shape index (κ2) is 2.48. The van der Waals surface area contributed by atoms with Gasteiger partial charge in [-0.3, -0.25) is 4.79 Å². The zero-order valence-electron chi connectivity index (χ0n) is 5.76. The molecule has 0 bridgehead atoms. The number of ketones is 1. The largest absolute Gasteiger partial charge is 0.321 e. The van der Waals surface area contributed by atoms with Crippen molar-refractivity contribution in [3.05, 3.63) is 0 Å². The summed E-state index contributed by atoms with van der Waals surface area (Å²) < 4.78 is 0. The smallest absolute Gasteiger partial charge is 0.146 e. The number of nitrogens with two attached hydrogens (primary N) is 1. The molecule has 1 fully saturated rings. The molecule has 52 valence electrons. The second-order valence-electron chi connectivity index (χ2n) is 2.83. The standard InChI is InChI=1S/C7H13NO/c1-5(9)7(8)6-3-2-4-6/h6-7H,2-4,8H2,1H3. The van der Waals surface area contributed by atoms with Crippen LogP contribution in [0.1, 0.15) is 26.2 Å². The van der Waals surface area contributed by atoms with Gasteiger partial charge in [-0.25, -0.2) is 0 Å². The molecule has 9 heavy (non-hydrogen) atoms. The van der Waals surface area contributed by atoms with Crippen molar-refractivity contribution in [1.29, 1.82) is 0 Å². The van der Waals surface area contributed by atoms with Gasteiger partial charge in [-0.15, -0.1) is 0 Å². The first-order valence-corrected chi connectivity index (χ1v) is 3.48. The quantitative estimate of drug-likeness (QED) is 0.593. The predicted molar refractivity (Wildman–Crippen MR) is 36.0 cm³/mol. The maximum absolute atomic E-state index is 10.7. The molecule has 1 aliphatic rings. The van der Waals surface area contributed by atoms with Gasteiger partial charge in [0.05, 0.1) is 6.04 Å². The molecule has 0 aromatic heterocycles. The topological polar surface area (TPSA) is 43.1 Å². The van der Waals surface area contributed by atoms with Crippen molar-refractivity contribution in [1.82, 2.24) is 0 Å². The Kier molecular flexibility index (Phi) is 1.86. The third kappa shape index (κ3) is 1.30. The lowest BCUT2D eigenvalue weighted by molar-refractivity contribution is -0.120. The lowest BCUT2D eigenvalue weighted by atomic mass is 9.79. The van der Waals surface area contributed by atoms with E-state index in [2.05, 4.69) is 0 Å². The van der Waals surface area contributed by atoms with E-state index < -0.39 is 0 Å². The average Bonchev–Trinajstić information content (AvgIpc) is 1.60. The van der Waals surface area contributed by atoms with E-state index >= 15 is 0 Å². The van der Waals surface area contributed by atoms with Crippen LogP contribution in [0, 0.1) is 5.92 Å². The van der Waals surface area contributed by atoms with Crippen LogP contribution in [0.25, 0.3) is 0 Å². The van der Waals surface area contributed by atoms with E-state index in [4.69, 9.17) is 5.73 Å². The molecule has 1 saturated carbocycles. The van der Waals surface area contributed by atoms with Crippen LogP contribution in [0.4, 0.5) is 0 Å². The molecular weight excluding hydrogens is 114 g/mol. The molecule has 0 saturated heterocycles. The van der Waals surface area contributed by atoms with Crippen LogP contribution in [-0.2, 0) is 4.79 Å². The number of hydrogen-bond acceptors (Lipinski definition) is 2. The van der Waals surface area contributed by atoms with E-state index in [0.29, 0.717) is 5.92 Å². The van der Waals surface area contributed by atoms with Crippen LogP contribution in [0.15, 0.2) is 0 Å². The van der Waals surface area contributed by atoms with Gasteiger partial charge in [-0.2, -0.15) is 0 Å². The molecule has 0 aromatic rings. The molecule has 0 amide bonds. The Morgan fingerprint density at radius 2 is 2.22 bits per heavy atom. The monoisotopic (exact) mass is 127 g/mol. The van der Waals surface area contributed by atoms with Gasteiger partial charge in [-0.05, 0) is 25.7 Å². The van der Waals surface area contributed by atoms with Crippen molar-refractivity contribution in [3.63, 3.8) is 0 Å². The van der Waals surface area contributed by atoms with Crippen molar-refractivity contribution in [2.45, 2.75) is 32.2 Å². The van der Waals surface area contributed by atoms with Crippen molar-refractivity contribution in [3.8, 4) is 0 Å². The van der Waals surface area contributed by atoms with Gasteiger partial charge in [0.15, 0.2) is 0 Å². The van der Waals surface area contributed by atoms with Crippen molar-refractivity contribution in [2.24, 2.45) is 11.7 Å². The minimum Gasteiger partial charge on any atom is -0.321 e. The Hall–Kier alpha value is -0.370. The molecule has 1 rings (SSSR count). The fourth-order valence-electron chi connectivity index (χ4n) is 1.13. The first kappa shape index (κ1) is 6.75. The first-order chi connectivity index (χ1) is 4.22. The zero-order valence-corrected chi connectivity index (χ0v) is 5.76. The Labute approximate surface area is 55.4 Å². The SMILES string of the molecule is CC(=O)C(N)C1CCC1. The predicted octanol–water partition coefficient (Wildman–Crippen LogP) is 0.703. The number of rotatable bonds is 2. The highest BCUT2D eigenvalue weighted by molar-refractivity contribution is 5.81. The summed E-state index contributed by atoms with van der Waals surface area (Å²) in [6.07, 6.45) is 3.56. The van der Waals surface area contributed by atoms with Crippen LogP contribution in [-0.4, -0.2) is 11.8 Å². The maximum atomic E-state index is 10.7. The highest BCUT2D eigenvalue weighted by atomic mass is 16.1. The summed E-state index contributed by atoms with van der Waals surface area (Å²) in [6, 6.07) is -0.168. The summed E-state index contributed by atoms with van der Waals surface area (Å²) in [6.45, 7) is 1.57. The second-order valence-corrected chi connectivity index (χ2v) is 2.83. The lowest BCUT2D eigenvalue weighted by Gasteiger charge is -2.29. The Morgan fingerprint density at radius 3 is 2.33 bits per heavy atom. The van der Waals surface area contributed by atoms with Crippen molar-refractivity contribution in [2.75, 3.05) is 0 Å². The van der Waals surface area contributed by atoms with E-state index in [0.717, 1.165) is 12.8 Å². The highest BCUT2D eigenvalue weighted by Gasteiger charge is 2.26. The van der Waals surface area contributed by atoms with Crippen LogP contribution in [0.5, 0.6) is 0 Å². The Morgan fingerprint density at radius 1 is 1.67 bits per heavy atom. The summed E-state index contributed by atoms with van der Waals surface area (Å²) in [5, 5.41) is 0. The zero-order chi connectivity index (χ0) is 6.85. The van der Waals surface area contributed by atoms with Gasteiger partial charge in [0.2, 0.25) is 0 Å². The summed E-state index contributed by atoms with van der Waals surface area (Å²) in [7, 11) is 0. The number of hydrogen-bond donors (Lipinski definition) is 1. The van der Waals surface area contributed by atoms with Gasteiger partial charge in [0.25, 0.3) is 0 Å². The first-order valence-electron chi connectivity index (χ1n) is 3.48. The molecule has 2 heteroatoms. The molecule has 1 atom stereocenters. The maximum Gasteiger partial charge on any atom is 0.146 e. The molecule has 0 spiro atoms. The fraction of sp³-hybridized carbons (Fsp3) is 0.857. The summed E-state index contributed by atoms with van der Waals surface area (Å²) >= 11 is 0. The van der Waals surface area contributed by atoms with E-state index in [1.807, 2.05) is 0 Å². The van der Waals surface area contributed by atoms with Crippen LogP contribution >= 0.6 is 0 Å². The van der Waals surface area contributed by atoms with Crippen LogP contribution in [0.2, 0.25) is 0 Å². The molecule has 0 heterocycles. The normalized spacial score (nSPS) is 22.9. The average molecular weight is 127 g/mol. The van der Waals surface area contributed by atoms with Crippen molar-refractivity contribution < 1.29 is 4.79 Å². The molecule has 2 N–H and O–H groups in total. The fourth-order valence-corrected chi connectivity index (χ4v) is 1.13. The van der Waals surface area contributed by atoms with E-state index in [-0.39, 0.29) is 11.8 Å². The number of Topliss-reactive ketones (excluding diaryl/α,β-unsaturated/α-hetero) is 1. The minimum absolute atomic E-state index is 0.139. The van der Waals surface area contributed by atoms with E-state index in [1.165, 1.54) is 6.42 Å². The highest BCUT2D eigenvalue weighted by Crippen LogP contribution is 2.28. The molecule has 2 nitrogen and oxygen atoms in total. The summed E-state index contributed by atoms with van der Waals surface area (Å²) in [5.74, 6) is 0.641. The Bertz CT molecular complexity index is 118. The van der Waals surface area contributed by atoms with Gasteiger partial charge in [-0.1, -0.05) is 6.42 Å².